The third kappa shape index (κ3) is 1.62. The molecule has 0 aliphatic rings. The van der Waals surface area contributed by atoms with E-state index in [0.29, 0.717) is 0 Å². The van der Waals surface area contributed by atoms with Crippen molar-refractivity contribution in [1.82, 2.24) is 4.37 Å². The smallest absolute Gasteiger partial charge is 0.0627 e. The highest BCUT2D eigenvalue weighted by atomic mass is 32.1. The third-order valence-corrected chi connectivity index (χ3v) is 2.72. The fraction of sp³-hybridized carbons (Fsp3) is 0.667. The van der Waals surface area contributed by atoms with Crippen molar-refractivity contribution >= 4 is 11.5 Å². The van der Waals surface area contributed by atoms with Crippen LogP contribution in [0.15, 0.2) is 0 Å². The molecular formula is C9H15NS. The van der Waals surface area contributed by atoms with Gasteiger partial charge in [-0.05, 0) is 30.9 Å². The summed E-state index contributed by atoms with van der Waals surface area (Å²) in [6, 6.07) is 0. The van der Waals surface area contributed by atoms with Crippen molar-refractivity contribution in [2.45, 2.75) is 40.0 Å². The lowest BCUT2D eigenvalue weighted by molar-refractivity contribution is 0.571. The maximum absolute atomic E-state index is 4.43. The molecule has 0 spiro atoms. The molecule has 0 saturated carbocycles. The molecule has 0 saturated heterocycles. The van der Waals surface area contributed by atoms with Gasteiger partial charge in [-0.3, -0.25) is 0 Å². The Balaban J connectivity index is 3.15. The number of aromatic nitrogens is 1. The lowest BCUT2D eigenvalue weighted by Gasteiger charge is -2.16. The summed E-state index contributed by atoms with van der Waals surface area (Å²) in [7, 11) is 0. The Labute approximate surface area is 72.6 Å². The van der Waals surface area contributed by atoms with Crippen LogP contribution in [0.3, 0.4) is 0 Å². The van der Waals surface area contributed by atoms with E-state index in [4.69, 9.17) is 0 Å². The molecule has 1 nitrogen and oxygen atoms in total. The zero-order chi connectivity index (χ0) is 8.65. The average molecular weight is 169 g/mol. The van der Waals surface area contributed by atoms with E-state index < -0.39 is 0 Å². The summed E-state index contributed by atoms with van der Waals surface area (Å²) in [5.74, 6) is 0. The Morgan fingerprint density at radius 1 is 1.18 bits per heavy atom. The summed E-state index contributed by atoms with van der Waals surface area (Å²) in [6.45, 7) is 10.9. The highest BCUT2D eigenvalue weighted by Gasteiger charge is 2.20. The molecule has 0 unspecified atom stereocenters. The van der Waals surface area contributed by atoms with Gasteiger partial charge in [-0.25, -0.2) is 0 Å². The Bertz CT molecular complexity index is 255. The number of aryl methyl sites for hydroxylation is 1. The zero-order valence-corrected chi connectivity index (χ0v) is 8.67. The van der Waals surface area contributed by atoms with Crippen LogP contribution in [-0.2, 0) is 5.41 Å². The molecule has 0 atom stereocenters. The van der Waals surface area contributed by atoms with Crippen LogP contribution in [0.25, 0.3) is 0 Å². The normalized spacial score (nSPS) is 12.1. The van der Waals surface area contributed by atoms with E-state index in [2.05, 4.69) is 39.0 Å². The van der Waals surface area contributed by atoms with Crippen LogP contribution in [0.5, 0.6) is 0 Å². The predicted octanol–water partition coefficient (Wildman–Crippen LogP) is 3.06. The summed E-state index contributed by atoms with van der Waals surface area (Å²) in [6.07, 6.45) is 0. The van der Waals surface area contributed by atoms with Crippen molar-refractivity contribution in [3.05, 3.63) is 16.1 Å². The van der Waals surface area contributed by atoms with Crippen molar-refractivity contribution < 1.29 is 0 Å². The fourth-order valence-electron chi connectivity index (χ4n) is 1.12. The second kappa shape index (κ2) is 2.59. The largest absolute Gasteiger partial charge is 0.197 e. The first kappa shape index (κ1) is 8.72. The topological polar surface area (TPSA) is 12.9 Å². The van der Waals surface area contributed by atoms with Gasteiger partial charge in [-0.1, -0.05) is 20.8 Å². The van der Waals surface area contributed by atoms with Crippen LogP contribution < -0.4 is 0 Å². The van der Waals surface area contributed by atoms with E-state index in [0.717, 1.165) is 0 Å². The van der Waals surface area contributed by atoms with E-state index in [9.17, 15) is 0 Å². The third-order valence-electron chi connectivity index (χ3n) is 1.87. The Morgan fingerprint density at radius 2 is 1.73 bits per heavy atom. The van der Waals surface area contributed by atoms with Gasteiger partial charge in [0.25, 0.3) is 0 Å². The first-order valence-corrected chi connectivity index (χ1v) is 4.63. The maximum Gasteiger partial charge on any atom is 0.0627 e. The van der Waals surface area contributed by atoms with Gasteiger partial charge in [0.2, 0.25) is 0 Å². The summed E-state index contributed by atoms with van der Waals surface area (Å²) < 4.78 is 4.43. The van der Waals surface area contributed by atoms with E-state index in [1.165, 1.54) is 16.1 Å². The highest BCUT2D eigenvalue weighted by Crippen LogP contribution is 2.27. The monoisotopic (exact) mass is 169 g/mol. The minimum atomic E-state index is 0.203. The second-order valence-electron chi connectivity index (χ2n) is 3.96. The van der Waals surface area contributed by atoms with Crippen LogP contribution in [0.2, 0.25) is 0 Å². The Hall–Kier alpha value is -0.370. The van der Waals surface area contributed by atoms with Gasteiger partial charge < -0.3 is 0 Å². The second-order valence-corrected chi connectivity index (χ2v) is 4.94. The minimum absolute atomic E-state index is 0.203. The highest BCUT2D eigenvalue weighted by molar-refractivity contribution is 7.05. The molecule has 2 heteroatoms. The van der Waals surface area contributed by atoms with Crippen LogP contribution in [0.4, 0.5) is 0 Å². The minimum Gasteiger partial charge on any atom is -0.197 e. The molecule has 1 aromatic rings. The molecular weight excluding hydrogens is 154 g/mol. The first-order valence-electron chi connectivity index (χ1n) is 3.86. The van der Waals surface area contributed by atoms with Crippen molar-refractivity contribution in [3.63, 3.8) is 0 Å². The number of hydrogen-bond donors (Lipinski definition) is 0. The van der Waals surface area contributed by atoms with Gasteiger partial charge >= 0.3 is 0 Å². The summed E-state index contributed by atoms with van der Waals surface area (Å²) in [4.78, 5) is 1.34. The predicted molar refractivity (Wildman–Crippen MR) is 50.3 cm³/mol. The van der Waals surface area contributed by atoms with Crippen LogP contribution in [0.1, 0.15) is 36.9 Å². The molecule has 11 heavy (non-hydrogen) atoms. The summed E-state index contributed by atoms with van der Waals surface area (Å²) in [5.41, 5.74) is 2.82. The number of hydrogen-bond acceptors (Lipinski definition) is 2. The molecule has 1 heterocycles. The van der Waals surface area contributed by atoms with Crippen LogP contribution in [0, 0.1) is 13.8 Å². The number of rotatable bonds is 0. The number of nitrogens with zero attached hydrogens (tertiary/aromatic N) is 1. The van der Waals surface area contributed by atoms with Crippen LogP contribution >= 0.6 is 11.5 Å². The molecule has 0 bridgehead atoms. The molecule has 0 radical (unpaired) electrons. The molecule has 0 aliphatic carbocycles. The van der Waals surface area contributed by atoms with E-state index >= 15 is 0 Å². The Kier molecular flexibility index (Phi) is 2.06. The lowest BCUT2D eigenvalue weighted by atomic mass is 9.89. The van der Waals surface area contributed by atoms with Gasteiger partial charge in [0.05, 0.1) is 5.69 Å². The zero-order valence-electron chi connectivity index (χ0n) is 7.86. The molecule has 1 rings (SSSR count). The van der Waals surface area contributed by atoms with Crippen molar-refractivity contribution in [2.75, 3.05) is 0 Å². The van der Waals surface area contributed by atoms with E-state index in [1.807, 2.05) is 0 Å². The van der Waals surface area contributed by atoms with Crippen molar-refractivity contribution in [3.8, 4) is 0 Å². The lowest BCUT2D eigenvalue weighted by Crippen LogP contribution is -2.12. The van der Waals surface area contributed by atoms with Gasteiger partial charge in [0, 0.05) is 10.3 Å². The van der Waals surface area contributed by atoms with Gasteiger partial charge in [-0.2, -0.15) is 4.37 Å². The van der Waals surface area contributed by atoms with Gasteiger partial charge in [0.1, 0.15) is 0 Å². The molecule has 0 amide bonds. The molecule has 0 aliphatic heterocycles. The molecule has 1 aromatic heterocycles. The first-order chi connectivity index (χ1) is 4.93. The molecule has 0 fully saturated rings. The molecule has 62 valence electrons. The van der Waals surface area contributed by atoms with Gasteiger partial charge in [0.15, 0.2) is 0 Å². The quantitative estimate of drug-likeness (QED) is 0.581. The van der Waals surface area contributed by atoms with Crippen molar-refractivity contribution in [1.29, 1.82) is 0 Å². The van der Waals surface area contributed by atoms with Gasteiger partial charge in [-0.15, -0.1) is 0 Å². The van der Waals surface area contributed by atoms with Crippen LogP contribution in [-0.4, -0.2) is 4.37 Å². The van der Waals surface area contributed by atoms with E-state index in [1.54, 1.807) is 11.5 Å². The summed E-state index contributed by atoms with van der Waals surface area (Å²) in [5, 5.41) is 0. The average Bonchev–Trinajstić information content (AvgIpc) is 2.11. The van der Waals surface area contributed by atoms with Crippen molar-refractivity contribution in [2.24, 2.45) is 0 Å². The summed E-state index contributed by atoms with van der Waals surface area (Å²) >= 11 is 1.61. The SMILES string of the molecule is Cc1snc(C(C)(C)C)c1C. The molecule has 0 N–H and O–H groups in total. The molecule has 0 aromatic carbocycles. The van der Waals surface area contributed by atoms with E-state index in [-0.39, 0.29) is 5.41 Å². The Morgan fingerprint density at radius 3 is 1.91 bits per heavy atom. The fourth-order valence-corrected chi connectivity index (χ4v) is 1.99. The standard InChI is InChI=1S/C9H15NS/c1-6-7(2)11-10-8(6)9(3,4)5/h1-5H3. The maximum atomic E-state index is 4.43.